The number of aliphatic hydroxyl groups is 1. The van der Waals surface area contributed by atoms with Gasteiger partial charge in [-0.05, 0) is 72.8 Å². The third-order valence-corrected chi connectivity index (χ3v) is 5.88. The molecule has 4 aromatic carbocycles. The van der Waals surface area contributed by atoms with E-state index in [1.165, 1.54) is 46.6 Å². The van der Waals surface area contributed by atoms with Gasteiger partial charge in [0.1, 0.15) is 0 Å². The molecule has 0 fully saturated rings. The number of hydrogen-bond acceptors (Lipinski definition) is 4. The SMILES string of the molecule is Cc1cc2c3c(nccc3c1)-c1[c-]cc3ccccc3c1N2c1ccccc1.[2H]/C(C(C)=O)=C(\C)O.[Ir]. The molecule has 0 spiro atoms. The van der Waals surface area contributed by atoms with E-state index in [0.717, 1.165) is 22.6 Å². The second kappa shape index (κ2) is 10.4. The van der Waals surface area contributed by atoms with Gasteiger partial charge in [0, 0.05) is 43.7 Å². The summed E-state index contributed by atoms with van der Waals surface area (Å²) in [6, 6.07) is 31.0. The van der Waals surface area contributed by atoms with Crippen molar-refractivity contribution >= 4 is 44.4 Å². The number of pyridine rings is 1. The fourth-order valence-corrected chi connectivity index (χ4v) is 4.63. The number of aromatic nitrogens is 1. The second-order valence-electron chi connectivity index (χ2n) is 8.58. The van der Waals surface area contributed by atoms with Crippen molar-refractivity contribution in [3.63, 3.8) is 0 Å². The Labute approximate surface area is 225 Å². The summed E-state index contributed by atoms with van der Waals surface area (Å²) in [7, 11) is 0. The molecule has 1 radical (unpaired) electrons. The van der Waals surface area contributed by atoms with E-state index in [1.54, 1.807) is 0 Å². The van der Waals surface area contributed by atoms with Crippen molar-refractivity contribution in [3.8, 4) is 11.3 Å². The third kappa shape index (κ3) is 4.68. The fourth-order valence-electron chi connectivity index (χ4n) is 4.63. The minimum atomic E-state index is -0.412. The van der Waals surface area contributed by atoms with E-state index in [4.69, 9.17) is 11.5 Å². The van der Waals surface area contributed by atoms with Crippen molar-refractivity contribution in [1.29, 1.82) is 0 Å². The summed E-state index contributed by atoms with van der Waals surface area (Å²) < 4.78 is 6.76. The van der Waals surface area contributed by atoms with E-state index in [2.05, 4.69) is 96.8 Å². The summed E-state index contributed by atoms with van der Waals surface area (Å²) in [5.74, 6) is -0.637. The average molecular weight is 651 g/mol. The first-order chi connectivity index (χ1) is 17.4. The molecule has 1 aromatic heterocycles. The van der Waals surface area contributed by atoms with Crippen LogP contribution < -0.4 is 4.90 Å². The van der Waals surface area contributed by atoms with Crippen LogP contribution in [0.25, 0.3) is 32.8 Å². The zero-order valence-electron chi connectivity index (χ0n) is 21.2. The van der Waals surface area contributed by atoms with Gasteiger partial charge in [0.05, 0.1) is 7.13 Å². The van der Waals surface area contributed by atoms with Crippen LogP contribution in [0.3, 0.4) is 0 Å². The van der Waals surface area contributed by atoms with Gasteiger partial charge in [-0.25, -0.2) is 0 Å². The normalized spacial score (nSPS) is 12.5. The summed E-state index contributed by atoms with van der Waals surface area (Å²) in [5.41, 5.74) is 6.80. The number of carbonyl (C=O) groups excluding carboxylic acids is 1. The van der Waals surface area contributed by atoms with E-state index in [-0.39, 0.29) is 31.9 Å². The summed E-state index contributed by atoms with van der Waals surface area (Å²) in [6.07, 6.45) is 1.91. The van der Waals surface area contributed by atoms with Crippen molar-refractivity contribution in [3.05, 3.63) is 109 Å². The first-order valence-corrected chi connectivity index (χ1v) is 11.4. The van der Waals surface area contributed by atoms with Crippen LogP contribution in [0, 0.1) is 13.0 Å². The Kier molecular flexibility index (Phi) is 6.95. The summed E-state index contributed by atoms with van der Waals surface area (Å²) in [5, 5.41) is 13.3. The first-order valence-electron chi connectivity index (χ1n) is 11.9. The molecular weight excluding hydrogens is 625 g/mol. The van der Waals surface area contributed by atoms with Crippen molar-refractivity contribution in [2.75, 3.05) is 4.90 Å². The van der Waals surface area contributed by atoms with Gasteiger partial charge in [-0.2, -0.15) is 0 Å². The molecule has 0 bridgehead atoms. The van der Waals surface area contributed by atoms with Gasteiger partial charge >= 0.3 is 0 Å². The molecule has 6 rings (SSSR count). The van der Waals surface area contributed by atoms with Gasteiger partial charge in [0.2, 0.25) is 0 Å². The standard InChI is InChI=1S/C26H17N2.C5H8O2.Ir/c1-17-15-19-13-14-27-25-22-12-11-18-7-5-6-10-21(18)26(22)28(23(16-17)24(19)25)20-8-3-2-4-9-20;1-4(6)3-5(2)7;/h2-11,13-16H,1H3;3,6H,1-2H3;/q-1;;/b;4-3-;/i;3D;. The first kappa shape index (κ1) is 23.9. The van der Waals surface area contributed by atoms with Gasteiger partial charge in [-0.1, -0.05) is 59.3 Å². The number of nitrogens with zero attached hydrogens (tertiary/aromatic N) is 2. The van der Waals surface area contributed by atoms with Crippen LogP contribution in [-0.4, -0.2) is 15.9 Å². The number of benzene rings is 4. The maximum atomic E-state index is 10.2. The zero-order chi connectivity index (χ0) is 25.4. The summed E-state index contributed by atoms with van der Waals surface area (Å²) in [4.78, 5) is 17.3. The molecule has 1 N–H and O–H groups in total. The molecule has 36 heavy (non-hydrogen) atoms. The van der Waals surface area contributed by atoms with Crippen molar-refractivity contribution in [2.24, 2.45) is 0 Å². The number of rotatable bonds is 2. The van der Waals surface area contributed by atoms with Crippen molar-refractivity contribution in [1.82, 2.24) is 4.98 Å². The molecular formula is C31H25IrN2O2-. The topological polar surface area (TPSA) is 53.4 Å². The molecule has 0 amide bonds. The van der Waals surface area contributed by atoms with E-state index in [0.29, 0.717) is 0 Å². The maximum absolute atomic E-state index is 10.2. The van der Waals surface area contributed by atoms with Crippen LogP contribution in [0.5, 0.6) is 0 Å². The fraction of sp³-hybridized carbons (Fsp3) is 0.0968. The third-order valence-electron chi connectivity index (χ3n) is 5.88. The van der Waals surface area contributed by atoms with Crippen LogP contribution in [0.15, 0.2) is 96.9 Å². The van der Waals surface area contributed by atoms with Crippen molar-refractivity contribution < 1.29 is 31.4 Å². The Balaban J connectivity index is 0.000000313. The maximum Gasteiger partial charge on any atom is 0.155 e. The molecule has 4 nitrogen and oxygen atoms in total. The number of hydrogen-bond donors (Lipinski definition) is 1. The molecule has 0 atom stereocenters. The summed E-state index contributed by atoms with van der Waals surface area (Å²) >= 11 is 0. The van der Waals surface area contributed by atoms with Gasteiger partial charge in [0.15, 0.2) is 5.78 Å². The van der Waals surface area contributed by atoms with Crippen LogP contribution in [0.1, 0.15) is 20.8 Å². The number of anilines is 3. The molecule has 1 aliphatic rings. The molecule has 181 valence electrons. The van der Waals surface area contributed by atoms with Crippen LogP contribution in [0.2, 0.25) is 0 Å². The van der Waals surface area contributed by atoms with Crippen molar-refractivity contribution in [2.45, 2.75) is 20.8 Å². The molecule has 2 heterocycles. The quantitative estimate of drug-likeness (QED) is 0.117. The molecule has 0 saturated heterocycles. The summed E-state index contributed by atoms with van der Waals surface area (Å²) in [6.45, 7) is 4.70. The van der Waals surface area contributed by atoms with E-state index in [1.807, 2.05) is 6.20 Å². The molecule has 5 aromatic rings. The Morgan fingerprint density at radius 3 is 2.44 bits per heavy atom. The number of carbonyl (C=O) groups is 1. The Morgan fingerprint density at radius 1 is 1.03 bits per heavy atom. The van der Waals surface area contributed by atoms with Crippen LogP contribution in [0.4, 0.5) is 17.1 Å². The smallest absolute Gasteiger partial charge is 0.155 e. The zero-order valence-corrected chi connectivity index (χ0v) is 22.6. The van der Waals surface area contributed by atoms with Gasteiger partial charge < -0.3 is 15.0 Å². The number of aliphatic hydroxyl groups excluding tert-OH is 1. The van der Waals surface area contributed by atoms with Crippen LogP contribution >= 0.6 is 0 Å². The largest absolute Gasteiger partial charge is 0.512 e. The van der Waals surface area contributed by atoms with Gasteiger partial charge in [0.25, 0.3) is 0 Å². The molecule has 0 saturated carbocycles. The monoisotopic (exact) mass is 651 g/mol. The number of ketones is 1. The predicted molar refractivity (Wildman–Crippen MR) is 144 cm³/mol. The Hall–Kier alpha value is -3.79. The number of para-hydroxylation sites is 1. The number of fused-ring (bicyclic) bond motifs is 4. The van der Waals surface area contributed by atoms with E-state index < -0.39 is 5.78 Å². The minimum Gasteiger partial charge on any atom is -0.512 e. The minimum absolute atomic E-state index is 0. The van der Waals surface area contributed by atoms with Gasteiger partial charge in [-0.15, -0.1) is 17.7 Å². The number of allylic oxidation sites excluding steroid dienone is 2. The molecule has 1 aliphatic heterocycles. The van der Waals surface area contributed by atoms with Crippen LogP contribution in [-0.2, 0) is 24.9 Å². The molecule has 5 heteroatoms. The van der Waals surface area contributed by atoms with Gasteiger partial charge in [-0.3, -0.25) is 4.79 Å². The van der Waals surface area contributed by atoms with E-state index in [9.17, 15) is 4.79 Å². The average Bonchev–Trinajstić information content (AvgIpc) is 2.89. The Bertz CT molecular complexity index is 1660. The predicted octanol–water partition coefficient (Wildman–Crippen LogP) is 7.98. The Morgan fingerprint density at radius 2 is 1.75 bits per heavy atom. The molecule has 0 aliphatic carbocycles. The second-order valence-corrected chi connectivity index (χ2v) is 8.58. The molecule has 0 unspecified atom stereocenters. The van der Waals surface area contributed by atoms with E-state index >= 15 is 0 Å². The number of aryl methyl sites for hydroxylation is 1.